The van der Waals surface area contributed by atoms with E-state index in [4.69, 9.17) is 4.74 Å². The minimum absolute atomic E-state index is 0.126. The molecule has 8 nitrogen and oxygen atoms in total. The number of fused-ring (bicyclic) bond motifs is 1. The summed E-state index contributed by atoms with van der Waals surface area (Å²) in [5.41, 5.74) is 3.56. The first-order chi connectivity index (χ1) is 19.9. The van der Waals surface area contributed by atoms with E-state index in [-0.39, 0.29) is 24.2 Å². The van der Waals surface area contributed by atoms with Crippen molar-refractivity contribution in [1.29, 1.82) is 0 Å². The van der Waals surface area contributed by atoms with E-state index in [0.29, 0.717) is 43.4 Å². The van der Waals surface area contributed by atoms with Crippen molar-refractivity contribution in [3.63, 3.8) is 0 Å². The maximum Gasteiger partial charge on any atom is 0.236 e. The molecule has 0 radical (unpaired) electrons. The molecule has 2 aromatic carbocycles. The lowest BCUT2D eigenvalue weighted by atomic mass is 9.86. The van der Waals surface area contributed by atoms with Gasteiger partial charge in [-0.3, -0.25) is 19.6 Å². The molecule has 2 N–H and O–H groups in total. The molecule has 1 unspecified atom stereocenters. The number of nitrogens with zero attached hydrogens (tertiary/aromatic N) is 3. The molecule has 41 heavy (non-hydrogen) atoms. The SMILES string of the molecule is COCC1(C(=O)Nc2ccc3[nH]nc(-c4ccc(F)cc4)c3c2)CCN(CC(=O)N2CCC(c3ccsc3)CC2)C1. The first kappa shape index (κ1) is 27.6. The molecule has 2 amide bonds. The molecule has 4 aromatic rings. The number of hydrogen-bond donors (Lipinski definition) is 2. The lowest BCUT2D eigenvalue weighted by Gasteiger charge is -2.33. The average molecular weight is 576 g/mol. The van der Waals surface area contributed by atoms with Crippen LogP contribution in [-0.2, 0) is 14.3 Å². The number of hydrogen-bond acceptors (Lipinski definition) is 6. The molecule has 10 heteroatoms. The number of aromatic nitrogens is 2. The second kappa shape index (κ2) is 11.7. The highest BCUT2D eigenvalue weighted by Crippen LogP contribution is 2.35. The van der Waals surface area contributed by atoms with Gasteiger partial charge in [-0.1, -0.05) is 0 Å². The van der Waals surface area contributed by atoms with Gasteiger partial charge in [0.15, 0.2) is 0 Å². The van der Waals surface area contributed by atoms with E-state index in [1.165, 1.54) is 17.7 Å². The van der Waals surface area contributed by atoms with E-state index < -0.39 is 5.41 Å². The van der Waals surface area contributed by atoms with Crippen molar-refractivity contribution in [2.24, 2.45) is 5.41 Å². The number of amides is 2. The molecule has 2 aliphatic heterocycles. The average Bonchev–Trinajstić information content (AvgIpc) is 3.75. The summed E-state index contributed by atoms with van der Waals surface area (Å²) < 4.78 is 19.0. The van der Waals surface area contributed by atoms with Gasteiger partial charge in [-0.25, -0.2) is 4.39 Å². The molecule has 0 saturated carbocycles. The fourth-order valence-electron chi connectivity index (χ4n) is 6.18. The summed E-state index contributed by atoms with van der Waals surface area (Å²) in [6.07, 6.45) is 2.58. The zero-order valence-electron chi connectivity index (χ0n) is 23.1. The molecule has 4 heterocycles. The number of halogens is 1. The second-order valence-electron chi connectivity index (χ2n) is 11.2. The number of thiophene rings is 1. The first-order valence-corrected chi connectivity index (χ1v) is 14.9. The van der Waals surface area contributed by atoms with Crippen molar-refractivity contribution in [1.82, 2.24) is 20.0 Å². The third-order valence-corrected chi connectivity index (χ3v) is 9.20. The Morgan fingerprint density at radius 3 is 2.68 bits per heavy atom. The van der Waals surface area contributed by atoms with Gasteiger partial charge in [0.05, 0.1) is 29.8 Å². The topological polar surface area (TPSA) is 90.6 Å². The van der Waals surface area contributed by atoms with Crippen LogP contribution >= 0.6 is 11.3 Å². The van der Waals surface area contributed by atoms with Crippen molar-refractivity contribution >= 4 is 39.7 Å². The summed E-state index contributed by atoms with van der Waals surface area (Å²) in [5.74, 6) is 0.220. The molecular formula is C31H34FN5O3S. The number of H-pyrrole nitrogens is 1. The summed E-state index contributed by atoms with van der Waals surface area (Å²) in [4.78, 5) is 30.9. The van der Waals surface area contributed by atoms with Crippen LogP contribution in [-0.4, -0.2) is 78.3 Å². The molecule has 0 aliphatic carbocycles. The number of methoxy groups -OCH3 is 1. The highest BCUT2D eigenvalue weighted by Gasteiger charge is 2.45. The maximum atomic E-state index is 13.7. The zero-order chi connectivity index (χ0) is 28.4. The number of rotatable bonds is 8. The Bertz CT molecular complexity index is 1510. The van der Waals surface area contributed by atoms with Crippen LogP contribution in [0.4, 0.5) is 10.1 Å². The lowest BCUT2D eigenvalue weighted by molar-refractivity contribution is -0.134. The van der Waals surface area contributed by atoms with E-state index >= 15 is 0 Å². The number of piperidine rings is 1. The highest BCUT2D eigenvalue weighted by molar-refractivity contribution is 7.08. The van der Waals surface area contributed by atoms with Crippen LogP contribution in [0.25, 0.3) is 22.2 Å². The molecule has 2 fully saturated rings. The zero-order valence-corrected chi connectivity index (χ0v) is 23.9. The van der Waals surface area contributed by atoms with Crippen molar-refractivity contribution in [3.8, 4) is 11.3 Å². The maximum absolute atomic E-state index is 13.7. The normalized spacial score (nSPS) is 20.1. The highest BCUT2D eigenvalue weighted by atomic mass is 32.1. The number of aromatic amines is 1. The van der Waals surface area contributed by atoms with Crippen molar-refractivity contribution in [2.75, 3.05) is 51.8 Å². The van der Waals surface area contributed by atoms with Crippen LogP contribution < -0.4 is 5.32 Å². The molecule has 2 aliphatic rings. The molecule has 1 atom stereocenters. The first-order valence-electron chi connectivity index (χ1n) is 14.0. The van der Waals surface area contributed by atoms with Crippen LogP contribution in [0.1, 0.15) is 30.7 Å². The third kappa shape index (κ3) is 5.77. The summed E-state index contributed by atoms with van der Waals surface area (Å²) in [6, 6.07) is 14.0. The molecule has 0 bridgehead atoms. The van der Waals surface area contributed by atoms with Crippen LogP contribution in [0.3, 0.4) is 0 Å². The number of benzene rings is 2. The number of likely N-dealkylation sites (tertiary alicyclic amines) is 2. The molecule has 214 valence electrons. The molecule has 2 saturated heterocycles. The molecule has 0 spiro atoms. The van der Waals surface area contributed by atoms with Gasteiger partial charge >= 0.3 is 0 Å². The summed E-state index contributed by atoms with van der Waals surface area (Å²) in [5, 5.41) is 15.7. The van der Waals surface area contributed by atoms with Gasteiger partial charge in [-0.05, 0) is 96.6 Å². The summed E-state index contributed by atoms with van der Waals surface area (Å²) in [6.45, 7) is 3.23. The van der Waals surface area contributed by atoms with E-state index in [1.807, 2.05) is 23.1 Å². The predicted octanol–water partition coefficient (Wildman–Crippen LogP) is 5.11. The van der Waals surface area contributed by atoms with Gasteiger partial charge in [0.1, 0.15) is 5.82 Å². The van der Waals surface area contributed by atoms with Crippen molar-refractivity contribution in [2.45, 2.75) is 25.2 Å². The van der Waals surface area contributed by atoms with Crippen LogP contribution in [0.2, 0.25) is 0 Å². The smallest absolute Gasteiger partial charge is 0.236 e. The Morgan fingerprint density at radius 2 is 1.95 bits per heavy atom. The van der Waals surface area contributed by atoms with Crippen LogP contribution in [0, 0.1) is 11.2 Å². The minimum Gasteiger partial charge on any atom is -0.384 e. The third-order valence-electron chi connectivity index (χ3n) is 8.49. The fourth-order valence-corrected chi connectivity index (χ4v) is 6.92. The molecule has 6 rings (SSSR count). The lowest BCUT2D eigenvalue weighted by Crippen LogP contribution is -2.46. The predicted molar refractivity (Wildman–Crippen MR) is 158 cm³/mol. The number of anilines is 1. The summed E-state index contributed by atoms with van der Waals surface area (Å²) >= 11 is 1.72. The minimum atomic E-state index is -0.758. The Kier molecular flexibility index (Phi) is 7.88. The standard InChI is InChI=1S/C31H34FN5O3S/c1-40-20-31(11-14-36(19-31)17-28(38)37-12-8-21(9-13-37)23-10-15-41-18-23)30(39)33-25-6-7-27-26(16-25)29(35-34-27)22-2-4-24(32)5-3-22/h2-7,10,15-16,18,21H,8-9,11-14,17,19-20H2,1H3,(H,33,39)(H,34,35). The van der Waals surface area contributed by atoms with E-state index in [9.17, 15) is 14.0 Å². The van der Waals surface area contributed by atoms with E-state index in [1.54, 1.807) is 30.6 Å². The molecule has 2 aromatic heterocycles. The Hall–Kier alpha value is -3.60. The van der Waals surface area contributed by atoms with Gasteiger partial charge in [0.25, 0.3) is 0 Å². The monoisotopic (exact) mass is 575 g/mol. The Labute approximate surface area is 242 Å². The largest absolute Gasteiger partial charge is 0.384 e. The fraction of sp³-hybridized carbons (Fsp3) is 0.387. The quantitative estimate of drug-likeness (QED) is 0.305. The molecular weight excluding hydrogens is 541 g/mol. The van der Waals surface area contributed by atoms with Gasteiger partial charge in [0, 0.05) is 43.4 Å². The second-order valence-corrected chi connectivity index (χ2v) is 12.0. The Balaban J connectivity index is 1.10. The number of ether oxygens (including phenoxy) is 1. The van der Waals surface area contributed by atoms with Gasteiger partial charge < -0.3 is 15.0 Å². The van der Waals surface area contributed by atoms with E-state index in [2.05, 4.69) is 37.2 Å². The Morgan fingerprint density at radius 1 is 1.15 bits per heavy atom. The summed E-state index contributed by atoms with van der Waals surface area (Å²) in [7, 11) is 1.60. The number of carbonyl (C=O) groups excluding carboxylic acids is 2. The van der Waals surface area contributed by atoms with Crippen LogP contribution in [0.5, 0.6) is 0 Å². The van der Waals surface area contributed by atoms with E-state index in [0.717, 1.165) is 42.4 Å². The van der Waals surface area contributed by atoms with Gasteiger partial charge in [-0.2, -0.15) is 16.4 Å². The van der Waals surface area contributed by atoms with Crippen molar-refractivity contribution in [3.05, 3.63) is 70.7 Å². The van der Waals surface area contributed by atoms with Gasteiger partial charge in [-0.15, -0.1) is 0 Å². The van der Waals surface area contributed by atoms with Gasteiger partial charge in [0.2, 0.25) is 11.8 Å². The van der Waals surface area contributed by atoms with Crippen molar-refractivity contribution < 1.29 is 18.7 Å². The number of carbonyl (C=O) groups is 2. The van der Waals surface area contributed by atoms with Crippen LogP contribution in [0.15, 0.2) is 59.3 Å². The number of nitrogens with one attached hydrogen (secondary N) is 2.